The van der Waals surface area contributed by atoms with E-state index in [2.05, 4.69) is 5.32 Å². The van der Waals surface area contributed by atoms with Gasteiger partial charge in [-0.05, 0) is 26.7 Å². The number of urea groups is 1. The molecule has 0 aliphatic heterocycles. The van der Waals surface area contributed by atoms with Crippen LogP contribution in [0.3, 0.4) is 0 Å². The zero-order valence-electron chi connectivity index (χ0n) is 9.66. The highest BCUT2D eigenvalue weighted by Crippen LogP contribution is 2.23. The Morgan fingerprint density at radius 1 is 1.50 bits per heavy atom. The summed E-state index contributed by atoms with van der Waals surface area (Å²) in [5.74, 6) is -0.396. The maximum Gasteiger partial charge on any atom is 0.318 e. The molecule has 0 saturated heterocycles. The van der Waals surface area contributed by atoms with Crippen molar-refractivity contribution in [3.8, 4) is 0 Å². The summed E-state index contributed by atoms with van der Waals surface area (Å²) in [4.78, 5) is 21.8. The number of nitrogens with two attached hydrogens (primary N) is 1. The second-order valence-corrected chi connectivity index (χ2v) is 3.99. The molecule has 0 aromatic rings. The molecule has 0 heterocycles. The molecule has 1 fully saturated rings. The van der Waals surface area contributed by atoms with Crippen LogP contribution < -0.4 is 16.4 Å². The number of carbonyl (C=O) groups is 2. The molecule has 4 N–H and O–H groups in total. The number of primary amides is 1. The first kappa shape index (κ1) is 12.9. The number of rotatable bonds is 5. The van der Waals surface area contributed by atoms with Crippen molar-refractivity contribution >= 4 is 11.9 Å². The lowest BCUT2D eigenvalue weighted by Crippen LogP contribution is -2.54. The molecule has 1 unspecified atom stereocenters. The van der Waals surface area contributed by atoms with Crippen molar-refractivity contribution in [1.29, 1.82) is 0 Å². The molecule has 3 amide bonds. The summed E-state index contributed by atoms with van der Waals surface area (Å²) in [6.07, 6.45) is 2.11. The summed E-state index contributed by atoms with van der Waals surface area (Å²) in [5, 5.41) is 5.15. The van der Waals surface area contributed by atoms with E-state index in [1.165, 1.54) is 0 Å². The van der Waals surface area contributed by atoms with Crippen LogP contribution in [0.2, 0.25) is 0 Å². The number of ether oxygens (including phenoxy) is 1. The highest BCUT2D eigenvalue weighted by atomic mass is 16.5. The van der Waals surface area contributed by atoms with E-state index in [1.54, 1.807) is 6.92 Å². The number of imide groups is 1. The van der Waals surface area contributed by atoms with Gasteiger partial charge in [-0.1, -0.05) is 0 Å². The summed E-state index contributed by atoms with van der Waals surface area (Å²) in [6, 6.07) is -0.954. The molecule has 0 aromatic carbocycles. The lowest BCUT2D eigenvalue weighted by Gasteiger charge is -2.36. The number of nitrogens with one attached hydrogen (secondary N) is 2. The van der Waals surface area contributed by atoms with Crippen molar-refractivity contribution in [3.05, 3.63) is 0 Å². The van der Waals surface area contributed by atoms with Gasteiger partial charge in [-0.25, -0.2) is 4.79 Å². The second-order valence-electron chi connectivity index (χ2n) is 3.99. The molecule has 1 saturated carbocycles. The molecule has 1 atom stereocenters. The van der Waals surface area contributed by atoms with Gasteiger partial charge in [-0.2, -0.15) is 0 Å². The van der Waals surface area contributed by atoms with E-state index in [4.69, 9.17) is 10.5 Å². The topological polar surface area (TPSA) is 93.4 Å². The van der Waals surface area contributed by atoms with Gasteiger partial charge in [-0.3, -0.25) is 10.1 Å². The normalized spacial score (nSPS) is 25.6. The SMILES string of the molecule is CCOC1CC(NC(C)C(=O)NC(N)=O)C1. The van der Waals surface area contributed by atoms with Crippen LogP contribution in [0.5, 0.6) is 0 Å². The molecule has 1 aliphatic rings. The van der Waals surface area contributed by atoms with Crippen molar-refractivity contribution in [2.24, 2.45) is 5.73 Å². The third-order valence-electron chi connectivity index (χ3n) is 2.62. The van der Waals surface area contributed by atoms with Gasteiger partial charge in [0.15, 0.2) is 0 Å². The van der Waals surface area contributed by atoms with E-state index in [9.17, 15) is 9.59 Å². The van der Waals surface area contributed by atoms with Gasteiger partial charge in [0.25, 0.3) is 0 Å². The van der Waals surface area contributed by atoms with Crippen molar-refractivity contribution < 1.29 is 14.3 Å². The van der Waals surface area contributed by atoms with Gasteiger partial charge >= 0.3 is 6.03 Å². The van der Waals surface area contributed by atoms with Crippen LogP contribution in [0.25, 0.3) is 0 Å². The molecule has 6 nitrogen and oxygen atoms in total. The largest absolute Gasteiger partial charge is 0.378 e. The van der Waals surface area contributed by atoms with Crippen molar-refractivity contribution in [2.75, 3.05) is 6.61 Å². The number of hydrogen-bond acceptors (Lipinski definition) is 4. The van der Waals surface area contributed by atoms with Gasteiger partial charge in [0.2, 0.25) is 5.91 Å². The quantitative estimate of drug-likeness (QED) is 0.604. The van der Waals surface area contributed by atoms with Crippen molar-refractivity contribution in [2.45, 2.75) is 44.9 Å². The Kier molecular flexibility index (Phi) is 4.70. The van der Waals surface area contributed by atoms with Gasteiger partial charge in [0.1, 0.15) is 0 Å². The molecule has 0 bridgehead atoms. The Bertz CT molecular complexity index is 264. The van der Waals surface area contributed by atoms with Crippen molar-refractivity contribution in [1.82, 2.24) is 10.6 Å². The minimum Gasteiger partial charge on any atom is -0.378 e. The molecule has 0 radical (unpaired) electrons. The van der Waals surface area contributed by atoms with Crippen LogP contribution in [0.4, 0.5) is 4.79 Å². The van der Waals surface area contributed by atoms with Crippen molar-refractivity contribution in [3.63, 3.8) is 0 Å². The number of hydrogen-bond donors (Lipinski definition) is 3. The van der Waals surface area contributed by atoms with Gasteiger partial charge in [0, 0.05) is 12.6 Å². The highest BCUT2D eigenvalue weighted by Gasteiger charge is 2.31. The second kappa shape index (κ2) is 5.81. The van der Waals surface area contributed by atoms with Gasteiger partial charge in [-0.15, -0.1) is 0 Å². The molecule has 0 spiro atoms. The predicted octanol–water partition coefficient (Wildman–Crippen LogP) is -0.273. The Labute approximate surface area is 94.9 Å². The molecule has 1 aliphatic carbocycles. The lowest BCUT2D eigenvalue weighted by atomic mass is 9.88. The van der Waals surface area contributed by atoms with Crippen LogP contribution in [0, 0.1) is 0 Å². The Morgan fingerprint density at radius 2 is 2.12 bits per heavy atom. The third kappa shape index (κ3) is 3.79. The van der Waals surface area contributed by atoms with Crippen LogP contribution >= 0.6 is 0 Å². The zero-order valence-corrected chi connectivity index (χ0v) is 9.66. The molecule has 0 aromatic heterocycles. The summed E-state index contributed by atoms with van der Waals surface area (Å²) in [6.45, 7) is 4.38. The molecule has 92 valence electrons. The fourth-order valence-corrected chi connectivity index (χ4v) is 1.73. The van der Waals surface area contributed by atoms with E-state index in [0.717, 1.165) is 19.4 Å². The lowest BCUT2D eigenvalue weighted by molar-refractivity contribution is -0.122. The minimum absolute atomic E-state index is 0.283. The number of carbonyl (C=O) groups excluding carboxylic acids is 2. The first-order valence-electron chi connectivity index (χ1n) is 5.50. The maximum absolute atomic E-state index is 11.3. The summed E-state index contributed by atoms with van der Waals surface area (Å²) >= 11 is 0. The smallest absolute Gasteiger partial charge is 0.318 e. The Balaban J connectivity index is 2.18. The summed E-state index contributed by atoms with van der Waals surface area (Å²) in [7, 11) is 0. The Hall–Kier alpha value is -1.14. The molecular formula is C10H19N3O3. The average molecular weight is 229 g/mol. The molecule has 16 heavy (non-hydrogen) atoms. The van der Waals surface area contributed by atoms with E-state index < -0.39 is 18.0 Å². The fraction of sp³-hybridized carbons (Fsp3) is 0.800. The van der Waals surface area contributed by atoms with E-state index in [0.29, 0.717) is 6.10 Å². The van der Waals surface area contributed by atoms with Crippen LogP contribution in [0.1, 0.15) is 26.7 Å². The molecular weight excluding hydrogens is 210 g/mol. The Morgan fingerprint density at radius 3 is 2.62 bits per heavy atom. The number of amides is 3. The standard InChI is InChI=1S/C10H19N3O3/c1-3-16-8-4-7(5-8)12-6(2)9(14)13-10(11)15/h6-8,12H,3-5H2,1-2H3,(H3,11,13,14,15). The molecule has 1 rings (SSSR count). The van der Waals surface area contributed by atoms with Crippen LogP contribution in [-0.4, -0.2) is 36.7 Å². The van der Waals surface area contributed by atoms with Gasteiger partial charge < -0.3 is 15.8 Å². The molecule has 6 heteroatoms. The van der Waals surface area contributed by atoms with E-state index in [-0.39, 0.29) is 6.04 Å². The average Bonchev–Trinajstić information content (AvgIpc) is 2.13. The summed E-state index contributed by atoms with van der Waals surface area (Å²) in [5.41, 5.74) is 4.85. The fourth-order valence-electron chi connectivity index (χ4n) is 1.73. The van der Waals surface area contributed by atoms with E-state index >= 15 is 0 Å². The first-order valence-corrected chi connectivity index (χ1v) is 5.50. The van der Waals surface area contributed by atoms with E-state index in [1.807, 2.05) is 12.2 Å². The third-order valence-corrected chi connectivity index (χ3v) is 2.62. The summed E-state index contributed by atoms with van der Waals surface area (Å²) < 4.78 is 5.40. The van der Waals surface area contributed by atoms with Crippen LogP contribution in [0.15, 0.2) is 0 Å². The predicted molar refractivity (Wildman–Crippen MR) is 58.8 cm³/mol. The minimum atomic E-state index is -0.820. The first-order chi connectivity index (χ1) is 7.52. The highest BCUT2D eigenvalue weighted by molar-refractivity contribution is 5.96. The zero-order chi connectivity index (χ0) is 12.1. The monoisotopic (exact) mass is 229 g/mol. The van der Waals surface area contributed by atoms with Gasteiger partial charge in [0.05, 0.1) is 12.1 Å². The maximum atomic E-state index is 11.3. The van der Waals surface area contributed by atoms with Crippen LogP contribution in [-0.2, 0) is 9.53 Å².